The maximum absolute atomic E-state index is 10.9. The molecule has 0 aliphatic heterocycles. The van der Waals surface area contributed by atoms with Gasteiger partial charge in [0.2, 0.25) is 0 Å². The number of nitro benzene ring substituents is 1. The third-order valence-corrected chi connectivity index (χ3v) is 2.31. The van der Waals surface area contributed by atoms with Crippen LogP contribution in [0.15, 0.2) is 41.7 Å². The fourth-order valence-corrected chi connectivity index (χ4v) is 1.63. The Morgan fingerprint density at radius 2 is 1.62 bits per heavy atom. The minimum absolute atomic E-state index is 0. The van der Waals surface area contributed by atoms with Crippen molar-refractivity contribution in [1.82, 2.24) is 12.3 Å². The molecule has 0 bridgehead atoms. The number of carboxylic acid groups (broad SMARTS) is 1. The summed E-state index contributed by atoms with van der Waals surface area (Å²) in [5, 5.41) is 31.6. The average molecular weight is 298 g/mol. The van der Waals surface area contributed by atoms with Crippen molar-refractivity contribution in [1.29, 1.82) is 0 Å². The lowest BCUT2D eigenvalue weighted by molar-refractivity contribution is -0.385. The molecule has 0 saturated heterocycles. The van der Waals surface area contributed by atoms with Crippen molar-refractivity contribution >= 4 is 22.4 Å². The van der Waals surface area contributed by atoms with Gasteiger partial charge in [0.1, 0.15) is 0 Å². The number of fused-ring (bicyclic) bond motifs is 1. The number of hydrogen-bond donors (Lipinski definition) is 2. The van der Waals surface area contributed by atoms with Crippen LogP contribution in [-0.4, -0.2) is 10.9 Å². The molecule has 0 unspecified atom stereocenters. The molecule has 21 heavy (non-hydrogen) atoms. The molecule has 0 aromatic heterocycles. The molecule has 8 N–H and O–H groups in total. The molecule has 0 radical (unpaired) electrons. The Labute approximate surface area is 118 Å². The summed E-state index contributed by atoms with van der Waals surface area (Å²) in [5.41, 5.74) is -0.818. The van der Waals surface area contributed by atoms with Crippen LogP contribution in [-0.2, 0) is 0 Å². The van der Waals surface area contributed by atoms with E-state index in [0.717, 1.165) is 5.34 Å². The molecule has 10 heteroatoms. The topological polar surface area (TPSA) is 209 Å². The van der Waals surface area contributed by atoms with Crippen LogP contribution in [0.2, 0.25) is 0 Å². The molecule has 0 aliphatic rings. The Morgan fingerprint density at radius 1 is 1.10 bits per heavy atom. The highest BCUT2D eigenvalue weighted by atomic mass is 16.6. The molecule has 0 aliphatic carbocycles. The van der Waals surface area contributed by atoms with Gasteiger partial charge in [0.15, 0.2) is 0 Å². The van der Waals surface area contributed by atoms with Gasteiger partial charge in [-0.1, -0.05) is 24.3 Å². The Bertz CT molecular complexity index is 646. The predicted molar refractivity (Wildman–Crippen MR) is 76.1 cm³/mol. The maximum Gasteiger partial charge on any atom is 0.279 e. The first kappa shape index (κ1) is 20.2. The normalized spacial score (nSPS) is 8.38. The number of benzene rings is 2. The van der Waals surface area contributed by atoms with Gasteiger partial charge >= 0.3 is 0 Å². The molecule has 2 aromatic carbocycles. The van der Waals surface area contributed by atoms with Gasteiger partial charge < -0.3 is 32.3 Å². The smallest absolute Gasteiger partial charge is 0.279 e. The van der Waals surface area contributed by atoms with Crippen LogP contribution in [0.5, 0.6) is 0 Å². The number of nitrogens with zero attached hydrogens (tertiary/aromatic N) is 2. The Morgan fingerprint density at radius 3 is 2.10 bits per heavy atom. The minimum atomic E-state index is -1.54. The first-order valence-corrected chi connectivity index (χ1v) is 4.85. The molecule has 2 aromatic rings. The van der Waals surface area contributed by atoms with E-state index in [2.05, 4.69) is 0 Å². The van der Waals surface area contributed by atoms with Crippen LogP contribution in [0.25, 0.3) is 10.8 Å². The number of carbonyl (C=O) groups excluding carboxylic acids is 1. The van der Waals surface area contributed by atoms with E-state index in [4.69, 9.17) is 10.1 Å². The van der Waals surface area contributed by atoms with Crippen LogP contribution >= 0.6 is 0 Å². The summed E-state index contributed by atoms with van der Waals surface area (Å²) in [5.74, 6) is -1.54. The number of rotatable bonds is 2. The number of nitro groups is 1. The first-order chi connectivity index (χ1) is 9.02. The number of aromatic carboxylic acids is 1. The second-order valence-corrected chi connectivity index (χ2v) is 3.30. The van der Waals surface area contributed by atoms with Crippen LogP contribution in [0.3, 0.4) is 0 Å². The van der Waals surface area contributed by atoms with Crippen molar-refractivity contribution in [2.24, 2.45) is 5.34 Å². The summed E-state index contributed by atoms with van der Waals surface area (Å²) in [7, 11) is 0. The van der Waals surface area contributed by atoms with Crippen molar-refractivity contribution in [2.75, 3.05) is 0 Å². The van der Waals surface area contributed by atoms with Gasteiger partial charge in [0.25, 0.3) is 5.69 Å². The third kappa shape index (κ3) is 4.49. The lowest BCUT2D eigenvalue weighted by Crippen LogP contribution is -2.23. The SMILES string of the molecule is O=C([O-])c1c([N+](=O)[O-])ccc2ccccc12.O=N[O-].[NH4+].[NH4+]. The molecule has 0 spiro atoms. The van der Waals surface area contributed by atoms with Gasteiger partial charge in [-0.3, -0.25) is 10.1 Å². The van der Waals surface area contributed by atoms with Crippen molar-refractivity contribution < 1.29 is 14.8 Å². The van der Waals surface area contributed by atoms with Gasteiger partial charge in [-0.2, -0.15) is 0 Å². The van der Waals surface area contributed by atoms with E-state index in [1.165, 1.54) is 18.2 Å². The van der Waals surface area contributed by atoms with E-state index in [1.54, 1.807) is 18.2 Å². The zero-order valence-electron chi connectivity index (χ0n) is 11.3. The molecule has 0 saturated carbocycles. The van der Waals surface area contributed by atoms with Crippen LogP contribution in [0.1, 0.15) is 10.4 Å². The van der Waals surface area contributed by atoms with E-state index >= 15 is 0 Å². The van der Waals surface area contributed by atoms with Crippen molar-refractivity contribution in [3.8, 4) is 0 Å². The zero-order chi connectivity index (χ0) is 14.4. The molecule has 2 rings (SSSR count). The van der Waals surface area contributed by atoms with Crippen molar-refractivity contribution in [3.05, 3.63) is 62.2 Å². The summed E-state index contributed by atoms with van der Waals surface area (Å²) in [6, 6.07) is 9.25. The number of hydrogen-bond acceptors (Lipinski definition) is 7. The number of carboxylic acids is 1. The third-order valence-electron chi connectivity index (χ3n) is 2.31. The average Bonchev–Trinajstić information content (AvgIpc) is 2.37. The van der Waals surface area contributed by atoms with E-state index < -0.39 is 16.6 Å². The highest BCUT2D eigenvalue weighted by Crippen LogP contribution is 2.27. The van der Waals surface area contributed by atoms with Crippen LogP contribution in [0.4, 0.5) is 5.69 Å². The zero-order valence-corrected chi connectivity index (χ0v) is 11.3. The fourth-order valence-electron chi connectivity index (χ4n) is 1.63. The second-order valence-electron chi connectivity index (χ2n) is 3.30. The second kappa shape index (κ2) is 8.90. The van der Waals surface area contributed by atoms with E-state index in [9.17, 15) is 20.0 Å². The molecule has 10 nitrogen and oxygen atoms in total. The fraction of sp³-hybridized carbons (Fsp3) is 0. The summed E-state index contributed by atoms with van der Waals surface area (Å²) >= 11 is 0. The summed E-state index contributed by atoms with van der Waals surface area (Å²) in [4.78, 5) is 28.9. The van der Waals surface area contributed by atoms with E-state index in [1.807, 2.05) is 0 Å². The summed E-state index contributed by atoms with van der Waals surface area (Å²) in [6.07, 6.45) is 0. The number of carbonyl (C=O) groups is 1. The van der Waals surface area contributed by atoms with E-state index in [0.29, 0.717) is 10.8 Å². The summed E-state index contributed by atoms with van der Waals surface area (Å²) in [6.45, 7) is 0. The largest absolute Gasteiger partial charge is 0.545 e. The molecule has 0 heterocycles. The lowest BCUT2D eigenvalue weighted by atomic mass is 10.0. The Hall–Kier alpha value is -3.11. The molecular weight excluding hydrogens is 284 g/mol. The number of quaternary nitrogens is 2. The Kier molecular flexibility index (Phi) is 8.57. The molecular formula is C11H14N4O6. The lowest BCUT2D eigenvalue weighted by Gasteiger charge is -2.07. The monoisotopic (exact) mass is 298 g/mol. The quantitative estimate of drug-likeness (QED) is 0.481. The standard InChI is InChI=1S/C11H7NO4.HNO2.2H3N/c13-11(14)10-8-4-2-1-3-7(8)5-6-9(10)12(15)16;2-1-3;;/h1-6H,(H,13,14);(H,2,3);2*1H3. The molecule has 114 valence electrons. The van der Waals surface area contributed by atoms with Crippen LogP contribution < -0.4 is 17.4 Å². The van der Waals surface area contributed by atoms with Crippen molar-refractivity contribution in [2.45, 2.75) is 0 Å². The highest BCUT2D eigenvalue weighted by Gasteiger charge is 2.17. The van der Waals surface area contributed by atoms with Crippen molar-refractivity contribution in [3.63, 3.8) is 0 Å². The molecule has 0 atom stereocenters. The minimum Gasteiger partial charge on any atom is -0.545 e. The van der Waals surface area contributed by atoms with Gasteiger partial charge in [0, 0.05) is 6.07 Å². The van der Waals surface area contributed by atoms with Gasteiger partial charge in [-0.05, 0) is 16.8 Å². The maximum atomic E-state index is 10.9. The highest BCUT2D eigenvalue weighted by molar-refractivity contribution is 6.06. The van der Waals surface area contributed by atoms with Gasteiger partial charge in [-0.15, -0.1) is 5.34 Å². The molecule has 0 amide bonds. The van der Waals surface area contributed by atoms with E-state index in [-0.39, 0.29) is 17.9 Å². The van der Waals surface area contributed by atoms with Crippen LogP contribution in [0, 0.1) is 20.2 Å². The first-order valence-electron chi connectivity index (χ1n) is 4.85. The Balaban J connectivity index is 0. The summed E-state index contributed by atoms with van der Waals surface area (Å²) < 4.78 is 0. The van der Waals surface area contributed by atoms with Gasteiger partial charge in [-0.25, -0.2) is 0 Å². The molecule has 0 fully saturated rings. The van der Waals surface area contributed by atoms with Gasteiger partial charge in [0.05, 0.1) is 16.5 Å². The predicted octanol–water partition coefficient (Wildman–Crippen LogP) is 2.11.